The van der Waals surface area contributed by atoms with Crippen molar-refractivity contribution in [3.05, 3.63) is 63.7 Å². The minimum atomic E-state index is -0.504. The van der Waals surface area contributed by atoms with Crippen LogP contribution in [0.5, 0.6) is 0 Å². The van der Waals surface area contributed by atoms with Gasteiger partial charge in [-0.15, -0.1) is 0 Å². The highest BCUT2D eigenvalue weighted by Crippen LogP contribution is 2.21. The summed E-state index contributed by atoms with van der Waals surface area (Å²) in [5, 5.41) is 13.5. The molecule has 124 valence electrons. The first-order chi connectivity index (χ1) is 11.3. The predicted molar refractivity (Wildman–Crippen MR) is 91.3 cm³/mol. The second kappa shape index (κ2) is 6.91. The van der Waals surface area contributed by atoms with Crippen LogP contribution in [0.2, 0.25) is 0 Å². The van der Waals surface area contributed by atoms with Crippen molar-refractivity contribution in [1.29, 1.82) is 0 Å². The summed E-state index contributed by atoms with van der Waals surface area (Å²) in [6.07, 6.45) is 0. The lowest BCUT2D eigenvalue weighted by atomic mass is 10.1. The number of benzene rings is 2. The molecule has 2 amide bonds. The lowest BCUT2D eigenvalue weighted by Crippen LogP contribution is -2.23. The van der Waals surface area contributed by atoms with Crippen LogP contribution in [-0.2, 0) is 4.79 Å². The zero-order valence-electron chi connectivity index (χ0n) is 13.6. The SMILES string of the molecule is CC(=O)N(C)c1cccc(NC(=O)c2ccc([N+](=O)[O-])cc2C)c1. The normalized spacial score (nSPS) is 10.1. The molecule has 2 aromatic rings. The monoisotopic (exact) mass is 327 g/mol. The zero-order chi connectivity index (χ0) is 17.9. The fourth-order valence-electron chi connectivity index (χ4n) is 2.19. The smallest absolute Gasteiger partial charge is 0.269 e. The van der Waals surface area contributed by atoms with Crippen LogP contribution in [0, 0.1) is 17.0 Å². The molecule has 0 aliphatic rings. The second-order valence-corrected chi connectivity index (χ2v) is 5.34. The third kappa shape index (κ3) is 3.75. The molecular formula is C17H17N3O4. The molecule has 2 aromatic carbocycles. The van der Waals surface area contributed by atoms with Crippen molar-refractivity contribution in [1.82, 2.24) is 0 Å². The van der Waals surface area contributed by atoms with Crippen molar-refractivity contribution in [2.24, 2.45) is 0 Å². The quantitative estimate of drug-likeness (QED) is 0.689. The van der Waals surface area contributed by atoms with E-state index in [0.29, 0.717) is 22.5 Å². The van der Waals surface area contributed by atoms with E-state index in [-0.39, 0.29) is 17.5 Å². The molecule has 0 atom stereocenters. The fourth-order valence-corrected chi connectivity index (χ4v) is 2.19. The maximum Gasteiger partial charge on any atom is 0.269 e. The maximum atomic E-state index is 12.4. The molecule has 1 N–H and O–H groups in total. The Morgan fingerprint density at radius 2 is 1.88 bits per heavy atom. The summed E-state index contributed by atoms with van der Waals surface area (Å²) in [7, 11) is 1.64. The number of rotatable bonds is 4. The van der Waals surface area contributed by atoms with Gasteiger partial charge in [-0.25, -0.2) is 0 Å². The molecule has 24 heavy (non-hydrogen) atoms. The average molecular weight is 327 g/mol. The van der Waals surface area contributed by atoms with E-state index in [2.05, 4.69) is 5.32 Å². The van der Waals surface area contributed by atoms with Crippen LogP contribution >= 0.6 is 0 Å². The number of carbonyl (C=O) groups is 2. The van der Waals surface area contributed by atoms with Crippen LogP contribution < -0.4 is 10.2 Å². The van der Waals surface area contributed by atoms with E-state index in [0.717, 1.165) is 0 Å². The Kier molecular flexibility index (Phi) is 4.93. The van der Waals surface area contributed by atoms with Crippen molar-refractivity contribution < 1.29 is 14.5 Å². The molecule has 0 bridgehead atoms. The Balaban J connectivity index is 2.22. The van der Waals surface area contributed by atoms with Gasteiger partial charge in [-0.3, -0.25) is 19.7 Å². The molecule has 0 aliphatic heterocycles. The lowest BCUT2D eigenvalue weighted by Gasteiger charge is -2.16. The summed E-state index contributed by atoms with van der Waals surface area (Å²) >= 11 is 0. The van der Waals surface area contributed by atoms with Crippen LogP contribution in [0.15, 0.2) is 42.5 Å². The molecule has 0 aromatic heterocycles. The van der Waals surface area contributed by atoms with Gasteiger partial charge in [-0.1, -0.05) is 6.07 Å². The number of nitrogens with one attached hydrogen (secondary N) is 1. The standard InChI is InChI=1S/C17H17N3O4/c1-11-9-15(20(23)24)7-8-16(11)17(22)18-13-5-4-6-14(10-13)19(3)12(2)21/h4-10H,1-3H3,(H,18,22). The Hall–Kier alpha value is -3.22. The number of amides is 2. The minimum absolute atomic E-state index is 0.0610. The third-order valence-corrected chi connectivity index (χ3v) is 3.63. The number of aryl methyl sites for hydroxylation is 1. The Morgan fingerprint density at radius 3 is 2.46 bits per heavy atom. The second-order valence-electron chi connectivity index (χ2n) is 5.34. The molecule has 0 unspecified atom stereocenters. The highest BCUT2D eigenvalue weighted by atomic mass is 16.6. The van der Waals surface area contributed by atoms with Crippen molar-refractivity contribution in [3.63, 3.8) is 0 Å². The molecule has 0 radical (unpaired) electrons. The highest BCUT2D eigenvalue weighted by Gasteiger charge is 2.14. The van der Waals surface area contributed by atoms with Crippen molar-refractivity contribution in [3.8, 4) is 0 Å². The summed E-state index contributed by atoms with van der Waals surface area (Å²) in [6, 6.07) is 10.9. The number of anilines is 2. The van der Waals surface area contributed by atoms with E-state index in [1.54, 1.807) is 38.2 Å². The van der Waals surface area contributed by atoms with E-state index < -0.39 is 4.92 Å². The van der Waals surface area contributed by atoms with Crippen LogP contribution in [0.25, 0.3) is 0 Å². The molecule has 0 saturated heterocycles. The number of non-ortho nitro benzene ring substituents is 1. The number of hydrogen-bond acceptors (Lipinski definition) is 4. The molecule has 0 saturated carbocycles. The molecule has 0 heterocycles. The van der Waals surface area contributed by atoms with Crippen molar-refractivity contribution in [2.75, 3.05) is 17.3 Å². The Bertz CT molecular complexity index is 817. The van der Waals surface area contributed by atoms with Gasteiger partial charge in [-0.2, -0.15) is 0 Å². The molecule has 7 nitrogen and oxygen atoms in total. The van der Waals surface area contributed by atoms with Crippen molar-refractivity contribution in [2.45, 2.75) is 13.8 Å². The summed E-state index contributed by atoms with van der Waals surface area (Å²) < 4.78 is 0. The molecule has 2 rings (SSSR count). The number of nitrogens with zero attached hydrogens (tertiary/aromatic N) is 2. The first kappa shape index (κ1) is 17.1. The lowest BCUT2D eigenvalue weighted by molar-refractivity contribution is -0.384. The van der Waals surface area contributed by atoms with E-state index in [1.165, 1.54) is 30.0 Å². The Labute approximate surface area is 139 Å². The van der Waals surface area contributed by atoms with E-state index in [4.69, 9.17) is 0 Å². The van der Waals surface area contributed by atoms with Crippen LogP contribution in [0.1, 0.15) is 22.8 Å². The summed E-state index contributed by atoms with van der Waals surface area (Å²) in [5.41, 5.74) is 1.99. The first-order valence-electron chi connectivity index (χ1n) is 7.20. The van der Waals surface area contributed by atoms with E-state index >= 15 is 0 Å². The van der Waals surface area contributed by atoms with Crippen LogP contribution in [0.3, 0.4) is 0 Å². The molecule has 0 spiro atoms. The van der Waals surface area contributed by atoms with E-state index in [1.807, 2.05) is 0 Å². The van der Waals surface area contributed by atoms with Gasteiger partial charge >= 0.3 is 0 Å². The largest absolute Gasteiger partial charge is 0.322 e. The first-order valence-corrected chi connectivity index (χ1v) is 7.20. The van der Waals surface area contributed by atoms with Crippen LogP contribution in [0.4, 0.5) is 17.1 Å². The maximum absolute atomic E-state index is 12.4. The van der Waals surface area contributed by atoms with Gasteiger partial charge in [0.2, 0.25) is 5.91 Å². The average Bonchev–Trinajstić information content (AvgIpc) is 2.53. The molecule has 0 aliphatic carbocycles. The summed E-state index contributed by atoms with van der Waals surface area (Å²) in [5.74, 6) is -0.491. The number of nitro benzene ring substituents is 1. The number of hydrogen-bond donors (Lipinski definition) is 1. The van der Waals surface area contributed by atoms with Crippen molar-refractivity contribution >= 4 is 28.9 Å². The zero-order valence-corrected chi connectivity index (χ0v) is 13.6. The summed E-state index contributed by atoms with van der Waals surface area (Å²) in [6.45, 7) is 3.09. The molecular weight excluding hydrogens is 310 g/mol. The van der Waals surface area contributed by atoms with Gasteiger partial charge in [0.25, 0.3) is 11.6 Å². The topological polar surface area (TPSA) is 92.6 Å². The summed E-state index contributed by atoms with van der Waals surface area (Å²) in [4.78, 5) is 35.5. The van der Waals surface area contributed by atoms with Gasteiger partial charge in [0.15, 0.2) is 0 Å². The third-order valence-electron chi connectivity index (χ3n) is 3.63. The van der Waals surface area contributed by atoms with Gasteiger partial charge in [0.1, 0.15) is 0 Å². The minimum Gasteiger partial charge on any atom is -0.322 e. The fraction of sp³-hybridized carbons (Fsp3) is 0.176. The highest BCUT2D eigenvalue weighted by molar-refractivity contribution is 6.05. The van der Waals surface area contributed by atoms with Gasteiger partial charge in [-0.05, 0) is 36.8 Å². The number of nitro groups is 1. The molecule has 0 fully saturated rings. The number of carbonyl (C=O) groups excluding carboxylic acids is 2. The van der Waals surface area contributed by atoms with Crippen LogP contribution in [-0.4, -0.2) is 23.8 Å². The van der Waals surface area contributed by atoms with Gasteiger partial charge in [0.05, 0.1) is 4.92 Å². The predicted octanol–water partition coefficient (Wildman–Crippen LogP) is 3.14. The van der Waals surface area contributed by atoms with Gasteiger partial charge < -0.3 is 10.2 Å². The molecule has 7 heteroatoms. The van der Waals surface area contributed by atoms with E-state index in [9.17, 15) is 19.7 Å². The van der Waals surface area contributed by atoms with Gasteiger partial charge in [0, 0.05) is 43.0 Å². The Morgan fingerprint density at radius 1 is 1.17 bits per heavy atom.